The van der Waals surface area contributed by atoms with Crippen LogP contribution in [0, 0.1) is 5.41 Å². The van der Waals surface area contributed by atoms with E-state index < -0.39 is 86.0 Å². The first-order valence-electron chi connectivity index (χ1n) is 11.4. The van der Waals surface area contributed by atoms with Crippen molar-refractivity contribution >= 4 is 5.97 Å². The SMILES string of the molecule is CC1=C(C(=O)O[C@H]2O[C@@H](CO[C@H]3O[C@@H](CO)[C@@H](O)[C@@H](O)[C@H]3O)[C@@H](O)[C@@H](O)[C@H]2O)C(C)(C)CCC1. The van der Waals surface area contributed by atoms with Crippen LogP contribution in [0.5, 0.6) is 0 Å². The summed E-state index contributed by atoms with van der Waals surface area (Å²) in [6, 6.07) is 0. The molecular formula is C22H36O12. The Labute approximate surface area is 197 Å². The van der Waals surface area contributed by atoms with Gasteiger partial charge in [-0.1, -0.05) is 19.4 Å². The maximum absolute atomic E-state index is 12.9. The van der Waals surface area contributed by atoms with Gasteiger partial charge in [0, 0.05) is 5.57 Å². The molecule has 1 aliphatic carbocycles. The van der Waals surface area contributed by atoms with E-state index in [4.69, 9.17) is 18.9 Å². The fraction of sp³-hybridized carbons (Fsp3) is 0.864. The van der Waals surface area contributed by atoms with Crippen LogP contribution in [-0.2, 0) is 23.7 Å². The van der Waals surface area contributed by atoms with Crippen LogP contribution >= 0.6 is 0 Å². The minimum absolute atomic E-state index is 0.442. The lowest BCUT2D eigenvalue weighted by Crippen LogP contribution is -2.62. The molecule has 0 saturated carbocycles. The number of hydrogen-bond donors (Lipinski definition) is 7. The Morgan fingerprint density at radius 3 is 2.06 bits per heavy atom. The van der Waals surface area contributed by atoms with Crippen LogP contribution in [0.1, 0.15) is 40.0 Å². The number of esters is 1. The normalized spacial score (nSPS) is 43.0. The number of ether oxygens (including phenoxy) is 4. The molecule has 12 nitrogen and oxygen atoms in total. The van der Waals surface area contributed by atoms with Gasteiger partial charge in [0.2, 0.25) is 6.29 Å². The minimum Gasteiger partial charge on any atom is -0.429 e. The van der Waals surface area contributed by atoms with Crippen LogP contribution in [-0.4, -0.2) is 116 Å². The van der Waals surface area contributed by atoms with Crippen molar-refractivity contribution in [1.82, 2.24) is 0 Å². The summed E-state index contributed by atoms with van der Waals surface area (Å²) in [5.41, 5.74) is 0.905. The van der Waals surface area contributed by atoms with Crippen LogP contribution in [0.3, 0.4) is 0 Å². The van der Waals surface area contributed by atoms with E-state index in [1.54, 1.807) is 0 Å². The van der Waals surface area contributed by atoms with Crippen molar-refractivity contribution in [2.24, 2.45) is 5.41 Å². The Morgan fingerprint density at radius 1 is 0.912 bits per heavy atom. The molecule has 0 aromatic heterocycles. The van der Waals surface area contributed by atoms with E-state index in [0.717, 1.165) is 24.8 Å². The zero-order valence-electron chi connectivity index (χ0n) is 19.5. The zero-order chi connectivity index (χ0) is 25.4. The number of allylic oxidation sites excluding steroid dienone is 1. The van der Waals surface area contributed by atoms with E-state index in [1.807, 2.05) is 20.8 Å². The van der Waals surface area contributed by atoms with Gasteiger partial charge in [0.15, 0.2) is 6.29 Å². The Balaban J connectivity index is 1.67. The standard InChI is InChI=1S/C22H36O12/c1-9-5-4-6-22(2,3)12(9)19(30)34-21-18(29)16(27)14(25)11(33-21)8-31-20-17(28)15(26)13(24)10(7-23)32-20/h10-11,13-18,20-21,23-29H,4-8H2,1-3H3/t10-,11-,13+,14+,15+,16+,17+,18+,20-,21+/m0/s1. The number of carbonyl (C=O) groups is 1. The smallest absolute Gasteiger partial charge is 0.336 e. The number of rotatable bonds is 6. The molecule has 0 aromatic rings. The number of aliphatic hydroxyl groups excluding tert-OH is 7. The summed E-state index contributed by atoms with van der Waals surface area (Å²) in [6.45, 7) is 4.52. The van der Waals surface area contributed by atoms with E-state index in [9.17, 15) is 40.5 Å². The summed E-state index contributed by atoms with van der Waals surface area (Å²) in [7, 11) is 0. The molecule has 7 N–H and O–H groups in total. The molecule has 12 heteroatoms. The van der Waals surface area contributed by atoms with Crippen molar-refractivity contribution in [3.05, 3.63) is 11.1 Å². The fourth-order valence-corrected chi connectivity index (χ4v) is 4.78. The van der Waals surface area contributed by atoms with Crippen LogP contribution in [0.2, 0.25) is 0 Å². The lowest BCUT2D eigenvalue weighted by molar-refractivity contribution is -0.326. The topological polar surface area (TPSA) is 196 Å². The molecule has 0 unspecified atom stereocenters. The highest BCUT2D eigenvalue weighted by Gasteiger charge is 2.48. The molecular weight excluding hydrogens is 456 g/mol. The van der Waals surface area contributed by atoms with E-state index in [2.05, 4.69) is 0 Å². The Bertz CT molecular complexity index is 752. The lowest BCUT2D eigenvalue weighted by atomic mass is 9.73. The van der Waals surface area contributed by atoms with Crippen LogP contribution in [0.25, 0.3) is 0 Å². The highest BCUT2D eigenvalue weighted by molar-refractivity contribution is 5.91. The first-order chi connectivity index (χ1) is 15.9. The summed E-state index contributed by atoms with van der Waals surface area (Å²) < 4.78 is 21.5. The summed E-state index contributed by atoms with van der Waals surface area (Å²) >= 11 is 0. The molecule has 0 amide bonds. The van der Waals surface area contributed by atoms with Gasteiger partial charge in [-0.2, -0.15) is 0 Å². The minimum atomic E-state index is -1.73. The Kier molecular flexibility index (Phi) is 8.72. The van der Waals surface area contributed by atoms with Gasteiger partial charge >= 0.3 is 5.97 Å². The highest BCUT2D eigenvalue weighted by atomic mass is 16.7. The maximum Gasteiger partial charge on any atom is 0.336 e. The molecule has 3 aliphatic rings. The average molecular weight is 493 g/mol. The van der Waals surface area contributed by atoms with Gasteiger partial charge in [0.1, 0.15) is 48.8 Å². The number of carbonyl (C=O) groups excluding carboxylic acids is 1. The van der Waals surface area contributed by atoms with Crippen LogP contribution < -0.4 is 0 Å². The molecule has 0 aromatic carbocycles. The summed E-state index contributed by atoms with van der Waals surface area (Å²) in [4.78, 5) is 12.9. The predicted molar refractivity (Wildman–Crippen MR) is 113 cm³/mol. The van der Waals surface area contributed by atoms with Crippen molar-refractivity contribution < 1.29 is 59.5 Å². The van der Waals surface area contributed by atoms with E-state index in [0.29, 0.717) is 5.57 Å². The fourth-order valence-electron chi connectivity index (χ4n) is 4.78. The molecule has 2 saturated heterocycles. The van der Waals surface area contributed by atoms with Crippen molar-refractivity contribution in [2.45, 2.75) is 101 Å². The molecule has 10 atom stereocenters. The monoisotopic (exact) mass is 492 g/mol. The molecule has 196 valence electrons. The second-order valence-electron chi connectivity index (χ2n) is 9.84. The molecule has 0 radical (unpaired) electrons. The van der Waals surface area contributed by atoms with Crippen LogP contribution in [0.15, 0.2) is 11.1 Å². The first kappa shape index (κ1) is 27.4. The second-order valence-corrected chi connectivity index (χ2v) is 9.84. The molecule has 2 fully saturated rings. The summed E-state index contributed by atoms with van der Waals surface area (Å²) in [5.74, 6) is -0.691. The largest absolute Gasteiger partial charge is 0.429 e. The average Bonchev–Trinajstić information content (AvgIpc) is 2.77. The maximum atomic E-state index is 12.9. The first-order valence-corrected chi connectivity index (χ1v) is 11.4. The molecule has 3 rings (SSSR count). The van der Waals surface area contributed by atoms with Gasteiger partial charge in [-0.15, -0.1) is 0 Å². The van der Waals surface area contributed by atoms with E-state index >= 15 is 0 Å². The van der Waals surface area contributed by atoms with Crippen molar-refractivity contribution in [1.29, 1.82) is 0 Å². The molecule has 2 aliphatic heterocycles. The van der Waals surface area contributed by atoms with E-state index in [1.165, 1.54) is 0 Å². The Morgan fingerprint density at radius 2 is 1.47 bits per heavy atom. The van der Waals surface area contributed by atoms with Gasteiger partial charge in [-0.25, -0.2) is 4.79 Å². The zero-order valence-corrected chi connectivity index (χ0v) is 19.5. The van der Waals surface area contributed by atoms with E-state index in [-0.39, 0.29) is 0 Å². The predicted octanol–water partition coefficient (Wildman–Crippen LogP) is -2.32. The second kappa shape index (κ2) is 10.8. The van der Waals surface area contributed by atoms with Gasteiger partial charge in [0.25, 0.3) is 0 Å². The highest BCUT2D eigenvalue weighted by Crippen LogP contribution is 2.41. The van der Waals surface area contributed by atoms with Crippen molar-refractivity contribution in [3.8, 4) is 0 Å². The number of aliphatic hydroxyl groups is 7. The molecule has 0 bridgehead atoms. The third-order valence-corrected chi connectivity index (χ3v) is 6.83. The quantitative estimate of drug-likeness (QED) is 0.196. The van der Waals surface area contributed by atoms with Gasteiger partial charge < -0.3 is 54.7 Å². The third-order valence-electron chi connectivity index (χ3n) is 6.83. The Hall–Kier alpha value is -1.19. The molecule has 2 heterocycles. The van der Waals surface area contributed by atoms with Gasteiger partial charge in [0.05, 0.1) is 13.2 Å². The van der Waals surface area contributed by atoms with Crippen molar-refractivity contribution in [2.75, 3.05) is 13.2 Å². The molecule has 0 spiro atoms. The van der Waals surface area contributed by atoms with Crippen molar-refractivity contribution in [3.63, 3.8) is 0 Å². The number of hydrogen-bond acceptors (Lipinski definition) is 12. The molecule has 34 heavy (non-hydrogen) atoms. The summed E-state index contributed by atoms with van der Waals surface area (Å²) in [6.07, 6.45) is -13.2. The lowest BCUT2D eigenvalue weighted by Gasteiger charge is -2.42. The van der Waals surface area contributed by atoms with Crippen LogP contribution in [0.4, 0.5) is 0 Å². The van der Waals surface area contributed by atoms with Gasteiger partial charge in [-0.3, -0.25) is 0 Å². The van der Waals surface area contributed by atoms with Gasteiger partial charge in [-0.05, 0) is 31.6 Å². The summed E-state index contributed by atoms with van der Waals surface area (Å²) in [5, 5.41) is 70.0. The third kappa shape index (κ3) is 5.46.